The SMILES string of the molecule is COc1ccc(C(NC(=O)c2sccc2N)C2CC2)cc1. The smallest absolute Gasteiger partial charge is 0.263 e. The fourth-order valence-electron chi connectivity index (χ4n) is 2.42. The van der Waals surface area contributed by atoms with Gasteiger partial charge in [-0.1, -0.05) is 12.1 Å². The number of anilines is 1. The lowest BCUT2D eigenvalue weighted by atomic mass is 10.0. The summed E-state index contributed by atoms with van der Waals surface area (Å²) in [5.74, 6) is 1.25. The van der Waals surface area contributed by atoms with Crippen LogP contribution >= 0.6 is 11.3 Å². The fourth-order valence-corrected chi connectivity index (χ4v) is 3.15. The number of nitrogens with two attached hydrogens (primary N) is 1. The summed E-state index contributed by atoms with van der Waals surface area (Å²) < 4.78 is 5.18. The van der Waals surface area contributed by atoms with Crippen molar-refractivity contribution in [1.29, 1.82) is 0 Å². The second-order valence-corrected chi connectivity index (χ2v) is 6.18. The van der Waals surface area contributed by atoms with Crippen molar-refractivity contribution in [1.82, 2.24) is 5.32 Å². The molecular formula is C16H18N2O2S. The summed E-state index contributed by atoms with van der Waals surface area (Å²) in [4.78, 5) is 13.0. The first-order chi connectivity index (χ1) is 10.2. The van der Waals surface area contributed by atoms with E-state index in [0.717, 1.165) is 24.2 Å². The molecule has 4 nitrogen and oxygen atoms in total. The summed E-state index contributed by atoms with van der Waals surface area (Å²) >= 11 is 1.38. The van der Waals surface area contributed by atoms with Gasteiger partial charge in [-0.05, 0) is 47.9 Å². The topological polar surface area (TPSA) is 64.3 Å². The average Bonchev–Trinajstić information content (AvgIpc) is 3.26. The Bertz CT molecular complexity index is 632. The van der Waals surface area contributed by atoms with Crippen molar-refractivity contribution in [2.24, 2.45) is 5.92 Å². The zero-order valence-corrected chi connectivity index (χ0v) is 12.7. The lowest BCUT2D eigenvalue weighted by molar-refractivity contribution is 0.0936. The largest absolute Gasteiger partial charge is 0.497 e. The van der Waals surface area contributed by atoms with Crippen LogP contribution in [0, 0.1) is 5.92 Å². The minimum atomic E-state index is -0.0878. The van der Waals surface area contributed by atoms with Crippen molar-refractivity contribution >= 4 is 22.9 Å². The number of nitrogens with one attached hydrogen (secondary N) is 1. The molecule has 0 bridgehead atoms. The van der Waals surface area contributed by atoms with Crippen LogP contribution in [0.5, 0.6) is 5.75 Å². The molecule has 0 radical (unpaired) electrons. The Balaban J connectivity index is 1.78. The molecule has 1 heterocycles. The van der Waals surface area contributed by atoms with E-state index in [-0.39, 0.29) is 11.9 Å². The molecule has 1 aromatic heterocycles. The minimum Gasteiger partial charge on any atom is -0.497 e. The number of ether oxygens (including phenoxy) is 1. The summed E-state index contributed by atoms with van der Waals surface area (Å²) in [5, 5.41) is 4.96. The van der Waals surface area contributed by atoms with Gasteiger partial charge < -0.3 is 15.8 Å². The van der Waals surface area contributed by atoms with Crippen molar-refractivity contribution < 1.29 is 9.53 Å². The van der Waals surface area contributed by atoms with Crippen LogP contribution < -0.4 is 15.8 Å². The van der Waals surface area contributed by atoms with Crippen LogP contribution in [0.1, 0.15) is 34.1 Å². The molecule has 1 fully saturated rings. The third-order valence-electron chi connectivity index (χ3n) is 3.76. The van der Waals surface area contributed by atoms with E-state index in [0.29, 0.717) is 16.5 Å². The summed E-state index contributed by atoms with van der Waals surface area (Å²) in [6, 6.07) is 9.69. The van der Waals surface area contributed by atoms with Crippen molar-refractivity contribution in [2.45, 2.75) is 18.9 Å². The molecule has 1 saturated carbocycles. The number of carbonyl (C=O) groups excluding carboxylic acids is 1. The number of nitrogen functional groups attached to an aromatic ring is 1. The maximum atomic E-state index is 12.4. The molecular weight excluding hydrogens is 284 g/mol. The number of carbonyl (C=O) groups is 1. The number of benzene rings is 1. The van der Waals surface area contributed by atoms with Crippen LogP contribution in [0.25, 0.3) is 0 Å². The third-order valence-corrected chi connectivity index (χ3v) is 4.69. The molecule has 21 heavy (non-hydrogen) atoms. The molecule has 1 aliphatic rings. The zero-order chi connectivity index (χ0) is 14.8. The highest BCUT2D eigenvalue weighted by Crippen LogP contribution is 2.41. The standard InChI is InChI=1S/C16H18N2O2S/c1-20-12-6-4-11(5-7-12)14(10-2-3-10)18-16(19)15-13(17)8-9-21-15/h4-10,14H,2-3,17H2,1H3,(H,18,19). The van der Waals surface area contributed by atoms with Gasteiger partial charge in [-0.2, -0.15) is 0 Å². The molecule has 1 aromatic carbocycles. The van der Waals surface area contributed by atoms with Crippen LogP contribution in [0.3, 0.4) is 0 Å². The first-order valence-electron chi connectivity index (χ1n) is 6.97. The van der Waals surface area contributed by atoms with E-state index in [1.54, 1.807) is 13.2 Å². The van der Waals surface area contributed by atoms with E-state index in [9.17, 15) is 4.79 Å². The molecule has 1 atom stereocenters. The summed E-state index contributed by atoms with van der Waals surface area (Å²) in [5.41, 5.74) is 7.47. The first-order valence-corrected chi connectivity index (χ1v) is 7.85. The Morgan fingerprint density at radius 2 is 2.05 bits per heavy atom. The van der Waals surface area contributed by atoms with Crippen molar-refractivity contribution in [3.8, 4) is 5.75 Å². The van der Waals surface area contributed by atoms with Gasteiger partial charge in [-0.25, -0.2) is 0 Å². The van der Waals surface area contributed by atoms with Crippen LogP contribution in [-0.2, 0) is 0 Å². The average molecular weight is 302 g/mol. The predicted molar refractivity (Wildman–Crippen MR) is 84.7 cm³/mol. The molecule has 3 rings (SSSR count). The Morgan fingerprint density at radius 1 is 1.33 bits per heavy atom. The van der Waals surface area contributed by atoms with E-state index >= 15 is 0 Å². The lowest BCUT2D eigenvalue weighted by Gasteiger charge is -2.19. The Hall–Kier alpha value is -2.01. The molecule has 3 N–H and O–H groups in total. The Morgan fingerprint density at radius 3 is 2.57 bits per heavy atom. The van der Waals surface area contributed by atoms with Crippen LogP contribution in [0.4, 0.5) is 5.69 Å². The zero-order valence-electron chi connectivity index (χ0n) is 11.8. The molecule has 0 spiro atoms. The number of rotatable bonds is 5. The van der Waals surface area contributed by atoms with E-state index in [1.165, 1.54) is 11.3 Å². The van der Waals surface area contributed by atoms with Gasteiger partial charge in [0.15, 0.2) is 0 Å². The first kappa shape index (κ1) is 13.9. The fraction of sp³-hybridized carbons (Fsp3) is 0.312. The van der Waals surface area contributed by atoms with Gasteiger partial charge in [-0.15, -0.1) is 11.3 Å². The lowest BCUT2D eigenvalue weighted by Crippen LogP contribution is -2.29. The second-order valence-electron chi connectivity index (χ2n) is 5.27. The van der Waals surface area contributed by atoms with Crippen molar-refractivity contribution in [3.05, 3.63) is 46.2 Å². The van der Waals surface area contributed by atoms with Gasteiger partial charge in [0.2, 0.25) is 0 Å². The van der Waals surface area contributed by atoms with E-state index in [1.807, 2.05) is 29.6 Å². The van der Waals surface area contributed by atoms with Crippen molar-refractivity contribution in [2.75, 3.05) is 12.8 Å². The Kier molecular flexibility index (Phi) is 3.84. The monoisotopic (exact) mass is 302 g/mol. The number of thiophene rings is 1. The predicted octanol–water partition coefficient (Wildman–Crippen LogP) is 3.22. The molecule has 2 aromatic rings. The van der Waals surface area contributed by atoms with Gasteiger partial charge in [0.05, 0.1) is 18.8 Å². The quantitative estimate of drug-likeness (QED) is 0.891. The molecule has 5 heteroatoms. The van der Waals surface area contributed by atoms with E-state index < -0.39 is 0 Å². The van der Waals surface area contributed by atoms with E-state index in [2.05, 4.69) is 5.32 Å². The third kappa shape index (κ3) is 3.03. The molecule has 1 aliphatic carbocycles. The maximum Gasteiger partial charge on any atom is 0.263 e. The van der Waals surface area contributed by atoms with Crippen molar-refractivity contribution in [3.63, 3.8) is 0 Å². The highest BCUT2D eigenvalue weighted by atomic mass is 32.1. The van der Waals surface area contributed by atoms with Crippen LogP contribution in [0.15, 0.2) is 35.7 Å². The molecule has 1 unspecified atom stereocenters. The van der Waals surface area contributed by atoms with Gasteiger partial charge in [0.1, 0.15) is 10.6 Å². The summed E-state index contributed by atoms with van der Waals surface area (Å²) in [6.07, 6.45) is 2.30. The van der Waals surface area contributed by atoms with Gasteiger partial charge in [0.25, 0.3) is 5.91 Å². The second kappa shape index (κ2) is 5.77. The Labute approximate surface area is 127 Å². The highest BCUT2D eigenvalue weighted by molar-refractivity contribution is 7.12. The number of methoxy groups -OCH3 is 1. The van der Waals surface area contributed by atoms with Crippen LogP contribution in [-0.4, -0.2) is 13.0 Å². The van der Waals surface area contributed by atoms with Gasteiger partial charge in [-0.3, -0.25) is 4.79 Å². The molecule has 110 valence electrons. The van der Waals surface area contributed by atoms with E-state index in [4.69, 9.17) is 10.5 Å². The summed E-state index contributed by atoms with van der Waals surface area (Å²) in [6.45, 7) is 0. The molecule has 0 aliphatic heterocycles. The summed E-state index contributed by atoms with van der Waals surface area (Å²) in [7, 11) is 1.65. The van der Waals surface area contributed by atoms with Crippen LogP contribution in [0.2, 0.25) is 0 Å². The number of hydrogen-bond acceptors (Lipinski definition) is 4. The molecule has 0 saturated heterocycles. The highest BCUT2D eigenvalue weighted by Gasteiger charge is 2.34. The minimum absolute atomic E-state index is 0.0462. The van der Waals surface area contributed by atoms with Gasteiger partial charge in [0, 0.05) is 0 Å². The van der Waals surface area contributed by atoms with Gasteiger partial charge >= 0.3 is 0 Å². The number of amides is 1. The maximum absolute atomic E-state index is 12.4. The molecule has 1 amide bonds. The number of hydrogen-bond donors (Lipinski definition) is 2. The normalized spacial score (nSPS) is 15.5.